The first-order valence-corrected chi connectivity index (χ1v) is 4.74. The molecule has 0 amide bonds. The minimum Gasteiger partial charge on any atom is -0.379 e. The molecule has 0 radical (unpaired) electrons. The van der Waals surface area contributed by atoms with Gasteiger partial charge in [-0.25, -0.2) is 0 Å². The highest BCUT2D eigenvalue weighted by Gasteiger charge is 1.94. The van der Waals surface area contributed by atoms with Crippen LogP contribution in [0.1, 0.15) is 0 Å². The van der Waals surface area contributed by atoms with Crippen LogP contribution in [0.3, 0.4) is 0 Å². The zero-order chi connectivity index (χ0) is 9.45. The van der Waals surface area contributed by atoms with Gasteiger partial charge in [-0.2, -0.15) is 8.42 Å². The highest BCUT2D eigenvalue weighted by Crippen LogP contribution is 1.76. The molecular weight excluding hydrogens is 186 g/mol. The molecule has 0 aromatic heterocycles. The third kappa shape index (κ3) is 9.79. The van der Waals surface area contributed by atoms with Gasteiger partial charge in [-0.05, 0) is 0 Å². The monoisotopic (exact) mass is 199 g/mol. The third-order valence-corrected chi connectivity index (χ3v) is 1.48. The summed E-state index contributed by atoms with van der Waals surface area (Å²) in [5.74, 6) is 0. The lowest BCUT2D eigenvalue weighted by molar-refractivity contribution is 0.109. The van der Waals surface area contributed by atoms with Crippen LogP contribution in [0.2, 0.25) is 0 Å². The first-order chi connectivity index (χ1) is 5.56. The summed E-state index contributed by atoms with van der Waals surface area (Å²) in [7, 11) is -3.29. The van der Waals surface area contributed by atoms with Crippen molar-refractivity contribution >= 4 is 10.4 Å². The van der Waals surface area contributed by atoms with E-state index in [0.717, 1.165) is 33.4 Å². The van der Waals surface area contributed by atoms with Crippen LogP contribution in [0.4, 0.5) is 0 Å². The van der Waals surface area contributed by atoms with Crippen LogP contribution >= 0.6 is 0 Å². The van der Waals surface area contributed by atoms with E-state index in [1.165, 1.54) is 0 Å². The SMILES string of the molecule is C1COCCN1.COS(=O)(=O)O. The fourth-order valence-corrected chi connectivity index (χ4v) is 0.516. The van der Waals surface area contributed by atoms with Gasteiger partial charge in [0.25, 0.3) is 0 Å². The number of ether oxygens (including phenoxy) is 1. The summed E-state index contributed by atoms with van der Waals surface area (Å²) in [6.45, 7) is 3.83. The molecule has 1 fully saturated rings. The standard InChI is InChI=1S/C4H9NO.CH4O4S/c1-3-6-4-2-5-1;1-5-6(2,3)4/h5H,1-4H2;1H3,(H,2,3,4). The fraction of sp³-hybridized carbons (Fsp3) is 1.00. The fourth-order valence-electron chi connectivity index (χ4n) is 0.516. The molecule has 0 bridgehead atoms. The van der Waals surface area contributed by atoms with Crippen LogP contribution < -0.4 is 5.32 Å². The van der Waals surface area contributed by atoms with Crippen LogP contribution in [-0.4, -0.2) is 46.4 Å². The van der Waals surface area contributed by atoms with Crippen LogP contribution in [-0.2, 0) is 19.3 Å². The maximum atomic E-state index is 9.33. The van der Waals surface area contributed by atoms with Crippen molar-refractivity contribution in [2.45, 2.75) is 0 Å². The quantitative estimate of drug-likeness (QED) is 0.529. The van der Waals surface area contributed by atoms with Gasteiger partial charge >= 0.3 is 10.4 Å². The van der Waals surface area contributed by atoms with Gasteiger partial charge in [0.05, 0.1) is 20.3 Å². The van der Waals surface area contributed by atoms with E-state index in [0.29, 0.717) is 0 Å². The van der Waals surface area contributed by atoms with Crippen LogP contribution in [0.15, 0.2) is 0 Å². The van der Waals surface area contributed by atoms with Crippen molar-refractivity contribution in [3.8, 4) is 0 Å². The van der Waals surface area contributed by atoms with E-state index >= 15 is 0 Å². The molecule has 6 nitrogen and oxygen atoms in total. The minimum absolute atomic E-state index is 0.870. The lowest BCUT2D eigenvalue weighted by Crippen LogP contribution is -2.30. The molecule has 7 heteroatoms. The Bertz CT molecular complexity index is 175. The third-order valence-electron chi connectivity index (χ3n) is 1.06. The van der Waals surface area contributed by atoms with Gasteiger partial charge < -0.3 is 10.1 Å². The maximum absolute atomic E-state index is 9.33. The van der Waals surface area contributed by atoms with Gasteiger partial charge in [-0.3, -0.25) is 8.74 Å². The van der Waals surface area contributed by atoms with E-state index in [1.54, 1.807) is 0 Å². The van der Waals surface area contributed by atoms with Crippen LogP contribution in [0.5, 0.6) is 0 Å². The predicted octanol–water partition coefficient (Wildman–Crippen LogP) is -0.958. The average molecular weight is 199 g/mol. The molecule has 0 spiro atoms. The minimum atomic E-state index is -4.16. The second-order valence-corrected chi connectivity index (χ2v) is 3.15. The highest BCUT2D eigenvalue weighted by molar-refractivity contribution is 7.80. The molecule has 1 aliphatic rings. The Morgan fingerprint density at radius 2 is 1.83 bits per heavy atom. The number of morpholine rings is 1. The predicted molar refractivity (Wildman–Crippen MR) is 42.2 cm³/mol. The van der Waals surface area contributed by atoms with Crippen molar-refractivity contribution in [1.29, 1.82) is 0 Å². The van der Waals surface area contributed by atoms with E-state index < -0.39 is 10.4 Å². The summed E-state index contributed by atoms with van der Waals surface area (Å²) < 4.78 is 34.7. The van der Waals surface area contributed by atoms with Crippen molar-refractivity contribution < 1.29 is 21.9 Å². The molecule has 74 valence electrons. The molecule has 1 rings (SSSR count). The van der Waals surface area contributed by atoms with Gasteiger partial charge in [0.15, 0.2) is 0 Å². The molecule has 0 unspecified atom stereocenters. The van der Waals surface area contributed by atoms with Gasteiger partial charge in [0, 0.05) is 13.1 Å². The van der Waals surface area contributed by atoms with Crippen molar-refractivity contribution in [2.75, 3.05) is 33.4 Å². The molecule has 2 N–H and O–H groups in total. The Morgan fingerprint density at radius 3 is 1.92 bits per heavy atom. The van der Waals surface area contributed by atoms with E-state index in [2.05, 4.69) is 9.50 Å². The average Bonchev–Trinajstić information content (AvgIpc) is 2.07. The van der Waals surface area contributed by atoms with E-state index in [4.69, 9.17) is 9.29 Å². The largest absolute Gasteiger partial charge is 0.397 e. The number of hydrogen-bond donors (Lipinski definition) is 2. The number of hydrogen-bond acceptors (Lipinski definition) is 5. The zero-order valence-corrected chi connectivity index (χ0v) is 7.63. The Hall–Kier alpha value is -0.210. The highest BCUT2D eigenvalue weighted by atomic mass is 32.3. The zero-order valence-electron chi connectivity index (χ0n) is 6.82. The molecular formula is C5H13NO5S. The Balaban J connectivity index is 0.000000202. The lowest BCUT2D eigenvalue weighted by atomic mass is 10.5. The van der Waals surface area contributed by atoms with Crippen molar-refractivity contribution in [3.63, 3.8) is 0 Å². The molecule has 1 heterocycles. The molecule has 12 heavy (non-hydrogen) atoms. The Morgan fingerprint density at radius 1 is 1.42 bits per heavy atom. The summed E-state index contributed by atoms with van der Waals surface area (Å²) >= 11 is 0. The summed E-state index contributed by atoms with van der Waals surface area (Å²) in [4.78, 5) is 0. The second-order valence-electron chi connectivity index (χ2n) is 1.96. The number of nitrogens with one attached hydrogen (secondary N) is 1. The van der Waals surface area contributed by atoms with E-state index in [1.807, 2.05) is 0 Å². The number of rotatable bonds is 1. The normalized spacial score (nSPS) is 17.8. The molecule has 1 saturated heterocycles. The first-order valence-electron chi connectivity index (χ1n) is 3.38. The van der Waals surface area contributed by atoms with Crippen LogP contribution in [0, 0.1) is 0 Å². The molecule has 0 saturated carbocycles. The topological polar surface area (TPSA) is 84.9 Å². The van der Waals surface area contributed by atoms with Crippen LogP contribution in [0.25, 0.3) is 0 Å². The Labute approximate surface area is 71.8 Å². The van der Waals surface area contributed by atoms with Gasteiger partial charge in [-0.1, -0.05) is 0 Å². The molecule has 0 aromatic rings. The molecule has 1 aliphatic heterocycles. The molecule has 0 atom stereocenters. The second kappa shape index (κ2) is 6.32. The summed E-state index contributed by atoms with van der Waals surface area (Å²) in [5.41, 5.74) is 0. The Kier molecular flexibility index (Phi) is 6.21. The van der Waals surface area contributed by atoms with Crippen molar-refractivity contribution in [1.82, 2.24) is 5.32 Å². The smallest absolute Gasteiger partial charge is 0.379 e. The molecule has 0 aliphatic carbocycles. The van der Waals surface area contributed by atoms with Crippen molar-refractivity contribution in [3.05, 3.63) is 0 Å². The van der Waals surface area contributed by atoms with Gasteiger partial charge in [0.1, 0.15) is 0 Å². The summed E-state index contributed by atoms with van der Waals surface area (Å²) in [5, 5.41) is 3.16. The lowest BCUT2D eigenvalue weighted by Gasteiger charge is -2.10. The van der Waals surface area contributed by atoms with Gasteiger partial charge in [-0.15, -0.1) is 0 Å². The van der Waals surface area contributed by atoms with E-state index in [-0.39, 0.29) is 0 Å². The summed E-state index contributed by atoms with van der Waals surface area (Å²) in [6, 6.07) is 0. The molecule has 0 aromatic carbocycles. The van der Waals surface area contributed by atoms with E-state index in [9.17, 15) is 8.42 Å². The van der Waals surface area contributed by atoms with Gasteiger partial charge in [0.2, 0.25) is 0 Å². The first kappa shape index (κ1) is 11.8. The van der Waals surface area contributed by atoms with Crippen molar-refractivity contribution in [2.24, 2.45) is 0 Å². The maximum Gasteiger partial charge on any atom is 0.397 e. The summed E-state index contributed by atoms with van der Waals surface area (Å²) in [6.07, 6.45) is 0.